The summed E-state index contributed by atoms with van der Waals surface area (Å²) in [5.41, 5.74) is 9.90. The largest absolute Gasteiger partial charge is 0.351 e. The number of carbonyl (C=O) groups is 1. The fraction of sp³-hybridized carbons (Fsp3) is 0.231. The number of para-hydroxylation sites is 1. The molecule has 184 valence electrons. The Balaban J connectivity index is 1.27. The van der Waals surface area contributed by atoms with Crippen molar-refractivity contribution in [2.24, 2.45) is 5.73 Å². The molecule has 10 heteroatoms. The quantitative estimate of drug-likeness (QED) is 0.396. The number of urea groups is 1. The van der Waals surface area contributed by atoms with Crippen LogP contribution in [0.15, 0.2) is 73.1 Å². The second-order valence-electron chi connectivity index (χ2n) is 8.62. The highest BCUT2D eigenvalue weighted by atomic mass is 35.5. The first-order valence-electron chi connectivity index (χ1n) is 11.8. The Labute approximate surface area is 214 Å². The molecule has 5 rings (SSSR count). The molecule has 9 nitrogen and oxygen atoms in total. The Bertz CT molecular complexity index is 1330. The van der Waals surface area contributed by atoms with E-state index in [1.165, 1.54) is 0 Å². The van der Waals surface area contributed by atoms with Crippen molar-refractivity contribution in [2.45, 2.75) is 6.42 Å². The number of benzene rings is 2. The molecular weight excluding hydrogens is 476 g/mol. The average molecular weight is 503 g/mol. The van der Waals surface area contributed by atoms with Gasteiger partial charge in [0.05, 0.1) is 23.3 Å². The number of rotatable bonds is 7. The number of nitrogens with two attached hydrogens (primary N) is 1. The minimum atomic E-state index is -0.351. The lowest BCUT2D eigenvalue weighted by atomic mass is 10.1. The second-order valence-corrected chi connectivity index (χ2v) is 9.06. The first-order chi connectivity index (χ1) is 17.5. The first kappa shape index (κ1) is 23.8. The summed E-state index contributed by atoms with van der Waals surface area (Å²) in [6, 6.07) is 19.3. The van der Waals surface area contributed by atoms with Crippen LogP contribution in [0.5, 0.6) is 0 Å². The van der Waals surface area contributed by atoms with Crippen LogP contribution in [0.25, 0.3) is 17.1 Å². The van der Waals surface area contributed by atoms with Crippen LogP contribution in [0.2, 0.25) is 5.02 Å². The number of piperazine rings is 1. The number of halogens is 1. The van der Waals surface area contributed by atoms with Crippen LogP contribution in [0, 0.1) is 0 Å². The summed E-state index contributed by atoms with van der Waals surface area (Å²) in [4.78, 5) is 24.5. The molecule has 0 radical (unpaired) electrons. The van der Waals surface area contributed by atoms with Crippen LogP contribution in [-0.2, 0) is 6.42 Å². The van der Waals surface area contributed by atoms with Crippen molar-refractivity contribution >= 4 is 29.3 Å². The van der Waals surface area contributed by atoms with Gasteiger partial charge in [0.15, 0.2) is 0 Å². The molecule has 3 N–H and O–H groups in total. The summed E-state index contributed by atoms with van der Waals surface area (Å²) in [6.07, 6.45) is 4.32. The summed E-state index contributed by atoms with van der Waals surface area (Å²) in [5, 5.41) is 8.40. The van der Waals surface area contributed by atoms with Crippen LogP contribution >= 0.6 is 11.6 Å². The van der Waals surface area contributed by atoms with Gasteiger partial charge < -0.3 is 16.0 Å². The summed E-state index contributed by atoms with van der Waals surface area (Å²) in [5.74, 6) is 0.476. The third-order valence-electron chi connectivity index (χ3n) is 6.18. The van der Waals surface area contributed by atoms with Crippen molar-refractivity contribution < 1.29 is 4.79 Å². The van der Waals surface area contributed by atoms with E-state index in [-0.39, 0.29) is 6.03 Å². The first-order valence-corrected chi connectivity index (χ1v) is 12.2. The molecule has 1 saturated heterocycles. The van der Waals surface area contributed by atoms with E-state index in [1.54, 1.807) is 17.3 Å². The summed E-state index contributed by atoms with van der Waals surface area (Å²) in [7, 11) is 0. The van der Waals surface area contributed by atoms with Gasteiger partial charge in [0.1, 0.15) is 0 Å². The lowest BCUT2D eigenvalue weighted by molar-refractivity contribution is 0.146. The summed E-state index contributed by atoms with van der Waals surface area (Å²) < 4.78 is 1.85. The molecule has 36 heavy (non-hydrogen) atoms. The van der Waals surface area contributed by atoms with E-state index in [4.69, 9.17) is 22.3 Å². The minimum Gasteiger partial charge on any atom is -0.351 e. The van der Waals surface area contributed by atoms with Gasteiger partial charge in [-0.25, -0.2) is 19.4 Å². The minimum absolute atomic E-state index is 0.351. The Morgan fingerprint density at radius 3 is 2.58 bits per heavy atom. The number of nitrogens with zero attached hydrogens (tertiary/aromatic N) is 6. The molecule has 1 aliphatic heterocycles. The Hall–Kier alpha value is -3.95. The number of aromatic nitrogens is 4. The van der Waals surface area contributed by atoms with Gasteiger partial charge in [0.25, 0.3) is 0 Å². The van der Waals surface area contributed by atoms with Crippen LogP contribution < -0.4 is 11.1 Å². The zero-order valence-corrected chi connectivity index (χ0v) is 20.5. The third kappa shape index (κ3) is 5.64. The molecule has 0 saturated carbocycles. The zero-order chi connectivity index (χ0) is 24.9. The second kappa shape index (κ2) is 10.8. The van der Waals surface area contributed by atoms with Crippen LogP contribution in [-0.4, -0.2) is 68.3 Å². The smallest absolute Gasteiger partial charge is 0.314 e. The van der Waals surface area contributed by atoms with Gasteiger partial charge in [0, 0.05) is 49.6 Å². The highest BCUT2D eigenvalue weighted by Crippen LogP contribution is 2.25. The average Bonchev–Trinajstić information content (AvgIpc) is 3.38. The Morgan fingerprint density at radius 1 is 1.00 bits per heavy atom. The van der Waals surface area contributed by atoms with Crippen LogP contribution in [0.1, 0.15) is 5.56 Å². The van der Waals surface area contributed by atoms with E-state index >= 15 is 0 Å². The molecule has 2 amide bonds. The molecule has 1 fully saturated rings. The molecule has 0 atom stereocenters. The number of nitrogens with one attached hydrogen (secondary N) is 1. The van der Waals surface area contributed by atoms with E-state index in [9.17, 15) is 4.79 Å². The van der Waals surface area contributed by atoms with Crippen molar-refractivity contribution in [3.05, 3.63) is 83.6 Å². The van der Waals surface area contributed by atoms with Crippen molar-refractivity contribution in [1.82, 2.24) is 29.5 Å². The predicted molar refractivity (Wildman–Crippen MR) is 141 cm³/mol. The lowest BCUT2D eigenvalue weighted by Crippen LogP contribution is -2.50. The maximum absolute atomic E-state index is 11.3. The molecule has 1 aliphatic rings. The topological polar surface area (TPSA) is 105 Å². The highest BCUT2D eigenvalue weighted by molar-refractivity contribution is 6.31. The monoisotopic (exact) mass is 502 g/mol. The number of hydrogen-bond acceptors (Lipinski definition) is 6. The number of amides is 2. The van der Waals surface area contributed by atoms with Gasteiger partial charge in [-0.05, 0) is 54.4 Å². The van der Waals surface area contributed by atoms with Gasteiger partial charge in [-0.15, -0.1) is 0 Å². The van der Waals surface area contributed by atoms with Gasteiger partial charge >= 0.3 is 6.03 Å². The van der Waals surface area contributed by atoms with E-state index in [0.29, 0.717) is 24.1 Å². The number of primary amides is 1. The standard InChI is InChI=1S/C26H27ClN8O/c27-20-16-19(8-11-33-12-14-34(15-13-33)25(28)36)17-21(18-20)31-26-29-9-6-23(32-26)24-7-10-30-35(24)22-4-2-1-3-5-22/h1-7,9-10,16-18H,8,11-15H2,(H2,28,36)(H,29,31,32). The summed E-state index contributed by atoms with van der Waals surface area (Å²) >= 11 is 6.43. The molecule has 3 heterocycles. The van der Waals surface area contributed by atoms with E-state index in [2.05, 4.69) is 26.4 Å². The number of carbonyl (C=O) groups excluding carboxylic acids is 1. The normalized spacial score (nSPS) is 14.1. The molecule has 0 unspecified atom stereocenters. The molecule has 0 aliphatic carbocycles. The molecule has 2 aromatic heterocycles. The number of hydrogen-bond donors (Lipinski definition) is 2. The predicted octanol–water partition coefficient (Wildman–Crippen LogP) is 3.97. The highest BCUT2D eigenvalue weighted by Gasteiger charge is 2.19. The van der Waals surface area contributed by atoms with Gasteiger partial charge in [-0.3, -0.25) is 4.90 Å². The molecular formula is C26H27ClN8O. The van der Waals surface area contributed by atoms with Crippen LogP contribution in [0.3, 0.4) is 0 Å². The van der Waals surface area contributed by atoms with Crippen molar-refractivity contribution in [3.8, 4) is 17.1 Å². The maximum atomic E-state index is 11.3. The van der Waals surface area contributed by atoms with Gasteiger partial charge in [0.2, 0.25) is 5.95 Å². The van der Waals surface area contributed by atoms with Gasteiger partial charge in [-0.1, -0.05) is 29.8 Å². The fourth-order valence-corrected chi connectivity index (χ4v) is 4.57. The van der Waals surface area contributed by atoms with Gasteiger partial charge in [-0.2, -0.15) is 5.10 Å². The maximum Gasteiger partial charge on any atom is 0.314 e. The van der Waals surface area contributed by atoms with E-state index < -0.39 is 0 Å². The van der Waals surface area contributed by atoms with E-state index in [0.717, 1.165) is 54.4 Å². The lowest BCUT2D eigenvalue weighted by Gasteiger charge is -2.33. The molecule has 0 spiro atoms. The van der Waals surface area contributed by atoms with Crippen LogP contribution in [0.4, 0.5) is 16.4 Å². The Kier molecular flexibility index (Phi) is 7.11. The van der Waals surface area contributed by atoms with Crippen molar-refractivity contribution in [2.75, 3.05) is 38.0 Å². The van der Waals surface area contributed by atoms with Crippen molar-refractivity contribution in [3.63, 3.8) is 0 Å². The fourth-order valence-electron chi connectivity index (χ4n) is 4.31. The third-order valence-corrected chi connectivity index (χ3v) is 6.39. The molecule has 4 aromatic rings. The molecule has 0 bridgehead atoms. The summed E-state index contributed by atoms with van der Waals surface area (Å²) in [6.45, 7) is 3.83. The molecule has 2 aromatic carbocycles. The Morgan fingerprint density at radius 2 is 1.81 bits per heavy atom. The SMILES string of the molecule is NC(=O)N1CCN(CCc2cc(Cl)cc(Nc3nccc(-c4ccnn4-c4ccccc4)n3)c2)CC1. The van der Waals surface area contributed by atoms with E-state index in [1.807, 2.05) is 59.3 Å². The van der Waals surface area contributed by atoms with Crippen molar-refractivity contribution in [1.29, 1.82) is 0 Å². The zero-order valence-electron chi connectivity index (χ0n) is 19.7. The number of anilines is 2.